The molecule has 1 N–H and O–H groups in total. The van der Waals surface area contributed by atoms with E-state index in [1.165, 1.54) is 4.90 Å². The Kier molecular flexibility index (Phi) is 2.66. The average Bonchev–Trinajstić information content (AvgIpc) is 2.86. The van der Waals surface area contributed by atoms with Crippen LogP contribution >= 0.6 is 0 Å². The highest BCUT2D eigenvalue weighted by Crippen LogP contribution is 2.52. The Morgan fingerprint density at radius 3 is 2.56 bits per heavy atom. The molecule has 0 aromatic rings. The van der Waals surface area contributed by atoms with E-state index in [1.54, 1.807) is 0 Å². The fraction of sp³-hybridized carbons (Fsp3) is 0.818. The van der Waals surface area contributed by atoms with Crippen molar-refractivity contribution in [1.29, 1.82) is 0 Å². The third kappa shape index (κ3) is 1.91. The molecule has 0 aromatic carbocycles. The molecule has 5 nitrogen and oxygen atoms in total. The number of morpholine rings is 1. The van der Waals surface area contributed by atoms with Crippen LogP contribution in [-0.4, -0.2) is 47.7 Å². The lowest BCUT2D eigenvalue weighted by Crippen LogP contribution is -2.53. The topological polar surface area (TPSA) is 66.8 Å². The summed E-state index contributed by atoms with van der Waals surface area (Å²) in [7, 11) is 0. The lowest BCUT2D eigenvalue weighted by atomic mass is 10.1. The highest BCUT2D eigenvalue weighted by molar-refractivity contribution is 5.87. The molecule has 2 fully saturated rings. The summed E-state index contributed by atoms with van der Waals surface area (Å²) >= 11 is 0. The molecule has 1 saturated carbocycles. The van der Waals surface area contributed by atoms with Crippen LogP contribution in [-0.2, 0) is 14.3 Å². The maximum absolute atomic E-state index is 12.1. The van der Waals surface area contributed by atoms with Gasteiger partial charge in [-0.2, -0.15) is 0 Å². The van der Waals surface area contributed by atoms with Crippen molar-refractivity contribution in [3.63, 3.8) is 0 Å². The van der Waals surface area contributed by atoms with Gasteiger partial charge in [-0.15, -0.1) is 0 Å². The summed E-state index contributed by atoms with van der Waals surface area (Å²) < 4.78 is 5.10. The van der Waals surface area contributed by atoms with Crippen molar-refractivity contribution >= 4 is 11.9 Å². The van der Waals surface area contributed by atoms with Crippen LogP contribution in [0.1, 0.15) is 20.3 Å². The van der Waals surface area contributed by atoms with E-state index >= 15 is 0 Å². The molecule has 1 heterocycles. The molecular weight excluding hydrogens is 210 g/mol. The van der Waals surface area contributed by atoms with Gasteiger partial charge in [-0.3, -0.25) is 4.79 Å². The molecule has 5 heteroatoms. The van der Waals surface area contributed by atoms with E-state index in [9.17, 15) is 9.59 Å². The van der Waals surface area contributed by atoms with Crippen LogP contribution in [0.5, 0.6) is 0 Å². The molecule has 0 aromatic heterocycles. The second-order valence-corrected chi connectivity index (χ2v) is 5.21. The largest absolute Gasteiger partial charge is 0.480 e. The van der Waals surface area contributed by atoms with Crippen molar-refractivity contribution in [1.82, 2.24) is 4.90 Å². The molecule has 0 bridgehead atoms. The van der Waals surface area contributed by atoms with Gasteiger partial charge in [-0.05, 0) is 11.8 Å². The lowest BCUT2D eigenvalue weighted by molar-refractivity contribution is -0.159. The first-order valence-corrected chi connectivity index (χ1v) is 5.54. The Labute approximate surface area is 94.4 Å². The quantitative estimate of drug-likeness (QED) is 0.739. The second kappa shape index (κ2) is 3.73. The first kappa shape index (κ1) is 11.4. The summed E-state index contributed by atoms with van der Waals surface area (Å²) in [5.74, 6) is -1.01. The zero-order chi connectivity index (χ0) is 11.9. The normalized spacial score (nSPS) is 32.2. The summed E-state index contributed by atoms with van der Waals surface area (Å²) in [6, 6.07) is -0.808. The molecule has 16 heavy (non-hydrogen) atoms. The van der Waals surface area contributed by atoms with E-state index in [1.807, 2.05) is 13.8 Å². The molecule has 0 spiro atoms. The van der Waals surface area contributed by atoms with Gasteiger partial charge in [0.1, 0.15) is 0 Å². The minimum absolute atomic E-state index is 0.00699. The van der Waals surface area contributed by atoms with Crippen LogP contribution in [0, 0.1) is 11.3 Å². The summed E-state index contributed by atoms with van der Waals surface area (Å²) in [6.45, 7) is 5.00. The number of hydrogen-bond donors (Lipinski definition) is 1. The molecule has 2 atom stereocenters. The first-order valence-electron chi connectivity index (χ1n) is 5.54. The monoisotopic (exact) mass is 227 g/mol. The average molecular weight is 227 g/mol. The Bertz CT molecular complexity index is 326. The highest BCUT2D eigenvalue weighted by atomic mass is 16.5. The second-order valence-electron chi connectivity index (χ2n) is 5.21. The third-order valence-corrected chi connectivity index (χ3v) is 3.51. The van der Waals surface area contributed by atoms with Crippen molar-refractivity contribution in [2.75, 3.05) is 19.8 Å². The Morgan fingerprint density at radius 2 is 2.06 bits per heavy atom. The summed E-state index contributed by atoms with van der Waals surface area (Å²) in [5.41, 5.74) is 0.0401. The summed E-state index contributed by atoms with van der Waals surface area (Å²) in [6.07, 6.45) is 0.857. The van der Waals surface area contributed by atoms with Crippen LogP contribution in [0.2, 0.25) is 0 Å². The van der Waals surface area contributed by atoms with Crippen molar-refractivity contribution in [2.45, 2.75) is 26.3 Å². The first-order chi connectivity index (χ1) is 7.43. The van der Waals surface area contributed by atoms with Crippen molar-refractivity contribution in [3.8, 4) is 0 Å². The number of carboxylic acids is 1. The van der Waals surface area contributed by atoms with E-state index < -0.39 is 12.0 Å². The zero-order valence-electron chi connectivity index (χ0n) is 9.60. The Hall–Kier alpha value is -1.10. The van der Waals surface area contributed by atoms with Gasteiger partial charge in [0.15, 0.2) is 6.04 Å². The van der Waals surface area contributed by atoms with Crippen LogP contribution in [0.4, 0.5) is 0 Å². The van der Waals surface area contributed by atoms with E-state index in [2.05, 4.69) is 0 Å². The SMILES string of the molecule is CC1(C)CC1C(=O)N1CCOCC1C(=O)O. The number of nitrogens with zero attached hydrogens (tertiary/aromatic N) is 1. The Morgan fingerprint density at radius 1 is 1.44 bits per heavy atom. The van der Waals surface area contributed by atoms with Crippen LogP contribution in [0.25, 0.3) is 0 Å². The van der Waals surface area contributed by atoms with Gasteiger partial charge in [0.05, 0.1) is 13.2 Å². The van der Waals surface area contributed by atoms with Gasteiger partial charge >= 0.3 is 5.97 Å². The van der Waals surface area contributed by atoms with E-state index in [0.717, 1.165) is 6.42 Å². The molecule has 2 unspecified atom stereocenters. The van der Waals surface area contributed by atoms with Crippen molar-refractivity contribution < 1.29 is 19.4 Å². The maximum Gasteiger partial charge on any atom is 0.328 e. The predicted octanol–water partition coefficient (Wildman–Crippen LogP) is 0.344. The lowest BCUT2D eigenvalue weighted by Gasteiger charge is -2.33. The number of carbonyl (C=O) groups excluding carboxylic acids is 1. The number of ether oxygens (including phenoxy) is 1. The van der Waals surface area contributed by atoms with Gasteiger partial charge < -0.3 is 14.7 Å². The number of hydrogen-bond acceptors (Lipinski definition) is 3. The number of rotatable bonds is 2. The zero-order valence-corrected chi connectivity index (χ0v) is 9.60. The standard InChI is InChI=1S/C11H17NO4/c1-11(2)5-7(11)9(13)12-3-4-16-6-8(12)10(14)15/h7-8H,3-6H2,1-2H3,(H,14,15). The number of amides is 1. The summed E-state index contributed by atoms with van der Waals surface area (Å²) in [4.78, 5) is 24.6. The smallest absolute Gasteiger partial charge is 0.328 e. The van der Waals surface area contributed by atoms with E-state index in [-0.39, 0.29) is 23.8 Å². The van der Waals surface area contributed by atoms with Crippen molar-refractivity contribution in [2.24, 2.45) is 11.3 Å². The number of carboxylic acid groups (broad SMARTS) is 1. The Balaban J connectivity index is 2.06. The van der Waals surface area contributed by atoms with Crippen molar-refractivity contribution in [3.05, 3.63) is 0 Å². The molecule has 0 radical (unpaired) electrons. The fourth-order valence-electron chi connectivity index (χ4n) is 2.16. The molecule has 1 aliphatic carbocycles. The molecule has 90 valence electrons. The van der Waals surface area contributed by atoms with Gasteiger partial charge in [0, 0.05) is 12.5 Å². The number of aliphatic carboxylic acids is 1. The molecular formula is C11H17NO4. The predicted molar refractivity (Wildman–Crippen MR) is 55.8 cm³/mol. The van der Waals surface area contributed by atoms with Gasteiger partial charge in [0.2, 0.25) is 5.91 Å². The van der Waals surface area contributed by atoms with E-state index in [0.29, 0.717) is 13.2 Å². The summed E-state index contributed by atoms with van der Waals surface area (Å²) in [5, 5.41) is 9.02. The minimum Gasteiger partial charge on any atom is -0.480 e. The maximum atomic E-state index is 12.1. The fourth-order valence-corrected chi connectivity index (χ4v) is 2.16. The third-order valence-electron chi connectivity index (χ3n) is 3.51. The molecule has 2 aliphatic rings. The molecule has 2 rings (SSSR count). The van der Waals surface area contributed by atoms with E-state index in [4.69, 9.17) is 9.84 Å². The van der Waals surface area contributed by atoms with Gasteiger partial charge in [-0.25, -0.2) is 4.79 Å². The molecule has 1 aliphatic heterocycles. The van der Waals surface area contributed by atoms with Gasteiger partial charge in [0.25, 0.3) is 0 Å². The molecule has 1 saturated heterocycles. The van der Waals surface area contributed by atoms with Crippen LogP contribution in [0.15, 0.2) is 0 Å². The highest BCUT2D eigenvalue weighted by Gasteiger charge is 2.53. The molecule has 1 amide bonds. The van der Waals surface area contributed by atoms with Crippen LogP contribution < -0.4 is 0 Å². The van der Waals surface area contributed by atoms with Crippen LogP contribution in [0.3, 0.4) is 0 Å². The number of carbonyl (C=O) groups is 2. The van der Waals surface area contributed by atoms with Gasteiger partial charge in [-0.1, -0.05) is 13.8 Å². The minimum atomic E-state index is -0.980.